The predicted molar refractivity (Wildman–Crippen MR) is 144 cm³/mol. The molecule has 0 fully saturated rings. The normalized spacial score (nSPS) is 11.1. The number of unbranched alkanes of at least 4 members (excludes halogenated alkanes) is 10. The van der Waals surface area contributed by atoms with Crippen molar-refractivity contribution in [2.24, 2.45) is 0 Å². The van der Waals surface area contributed by atoms with E-state index in [9.17, 15) is 4.79 Å². The minimum absolute atomic E-state index is 0.371. The molecule has 2 aromatic rings. The van der Waals surface area contributed by atoms with E-state index in [1.807, 2.05) is 48.5 Å². The van der Waals surface area contributed by atoms with Crippen molar-refractivity contribution in [3.05, 3.63) is 65.7 Å². The Morgan fingerprint density at radius 2 is 1.24 bits per heavy atom. The number of hydrogen-bond acceptors (Lipinski definition) is 3. The van der Waals surface area contributed by atoms with E-state index in [0.29, 0.717) is 5.75 Å². The highest BCUT2D eigenvalue weighted by Gasteiger charge is 2.02. The first kappa shape index (κ1) is 27.7. The van der Waals surface area contributed by atoms with Gasteiger partial charge in [0.25, 0.3) is 0 Å². The van der Waals surface area contributed by atoms with Gasteiger partial charge < -0.3 is 9.47 Å². The number of aryl methyl sites for hydroxylation is 1. The summed E-state index contributed by atoms with van der Waals surface area (Å²) in [4.78, 5) is 12.1. The third-order valence-corrected chi connectivity index (χ3v) is 6.02. The molecule has 0 bridgehead atoms. The standard InChI is InChI=1S/C31H44O3/c1-3-5-7-8-9-10-11-12-14-26-33-29-21-16-28(17-22-29)20-25-31(32)34-30-23-18-27(19-24-30)15-13-6-4-2/h16-25H,3-15,26H2,1-2H3. The van der Waals surface area contributed by atoms with Crippen molar-refractivity contribution in [1.29, 1.82) is 0 Å². The highest BCUT2D eigenvalue weighted by Crippen LogP contribution is 2.17. The number of carbonyl (C=O) groups is 1. The maximum Gasteiger partial charge on any atom is 0.336 e. The van der Waals surface area contributed by atoms with E-state index in [1.165, 1.54) is 82.3 Å². The van der Waals surface area contributed by atoms with Crippen molar-refractivity contribution >= 4 is 12.0 Å². The van der Waals surface area contributed by atoms with Crippen LogP contribution in [0.4, 0.5) is 0 Å². The minimum Gasteiger partial charge on any atom is -0.494 e. The summed E-state index contributed by atoms with van der Waals surface area (Å²) in [5.41, 5.74) is 2.22. The second-order valence-electron chi connectivity index (χ2n) is 9.10. The fourth-order valence-corrected chi connectivity index (χ4v) is 3.90. The molecule has 0 N–H and O–H groups in total. The average Bonchev–Trinajstić information content (AvgIpc) is 2.86. The van der Waals surface area contributed by atoms with Crippen LogP contribution in [-0.2, 0) is 11.2 Å². The van der Waals surface area contributed by atoms with Gasteiger partial charge in [-0.15, -0.1) is 0 Å². The molecule has 0 aliphatic rings. The summed E-state index contributed by atoms with van der Waals surface area (Å²) in [6.07, 6.45) is 19.8. The molecule has 0 atom stereocenters. The van der Waals surface area contributed by atoms with Gasteiger partial charge in [-0.1, -0.05) is 102 Å². The van der Waals surface area contributed by atoms with Crippen LogP contribution in [0.5, 0.6) is 11.5 Å². The number of ether oxygens (including phenoxy) is 2. The van der Waals surface area contributed by atoms with E-state index in [2.05, 4.69) is 13.8 Å². The second-order valence-corrected chi connectivity index (χ2v) is 9.10. The molecule has 0 saturated heterocycles. The Morgan fingerprint density at radius 3 is 1.88 bits per heavy atom. The van der Waals surface area contributed by atoms with Crippen LogP contribution in [0.1, 0.15) is 102 Å². The van der Waals surface area contributed by atoms with E-state index < -0.39 is 0 Å². The minimum atomic E-state index is -0.371. The van der Waals surface area contributed by atoms with E-state index >= 15 is 0 Å². The topological polar surface area (TPSA) is 35.5 Å². The maximum atomic E-state index is 12.1. The summed E-state index contributed by atoms with van der Waals surface area (Å²) >= 11 is 0. The van der Waals surface area contributed by atoms with Gasteiger partial charge in [-0.3, -0.25) is 0 Å². The summed E-state index contributed by atoms with van der Waals surface area (Å²) in [5, 5.41) is 0. The molecule has 3 heteroatoms. The predicted octanol–water partition coefficient (Wildman–Crippen LogP) is 8.95. The van der Waals surface area contributed by atoms with Crippen LogP contribution in [0.2, 0.25) is 0 Å². The highest BCUT2D eigenvalue weighted by atomic mass is 16.5. The fraction of sp³-hybridized carbons (Fsp3) is 0.516. The number of carbonyl (C=O) groups excluding carboxylic acids is 1. The van der Waals surface area contributed by atoms with E-state index in [0.717, 1.165) is 30.8 Å². The zero-order valence-electron chi connectivity index (χ0n) is 21.4. The van der Waals surface area contributed by atoms with Crippen LogP contribution >= 0.6 is 0 Å². The number of benzene rings is 2. The quantitative estimate of drug-likeness (QED) is 0.0955. The van der Waals surface area contributed by atoms with Crippen molar-refractivity contribution in [1.82, 2.24) is 0 Å². The second kappa shape index (κ2) is 17.9. The number of rotatable bonds is 18. The molecule has 0 spiro atoms. The molecule has 2 rings (SSSR count). The number of esters is 1. The lowest BCUT2D eigenvalue weighted by molar-refractivity contribution is -0.128. The lowest BCUT2D eigenvalue weighted by Crippen LogP contribution is -2.03. The largest absolute Gasteiger partial charge is 0.494 e. The lowest BCUT2D eigenvalue weighted by atomic mass is 10.1. The summed E-state index contributed by atoms with van der Waals surface area (Å²) in [6, 6.07) is 15.6. The van der Waals surface area contributed by atoms with Crippen molar-refractivity contribution in [2.45, 2.75) is 97.3 Å². The van der Waals surface area contributed by atoms with Gasteiger partial charge in [0.05, 0.1) is 6.61 Å². The third-order valence-electron chi connectivity index (χ3n) is 6.02. The Labute approximate surface area is 207 Å². The first-order valence-electron chi connectivity index (χ1n) is 13.4. The van der Waals surface area contributed by atoms with E-state index in [-0.39, 0.29) is 5.97 Å². The number of hydrogen-bond donors (Lipinski definition) is 0. The SMILES string of the molecule is CCCCCCCCCCCOc1ccc(C=CC(=O)Oc2ccc(CCCCC)cc2)cc1. The zero-order chi connectivity index (χ0) is 24.3. The van der Waals surface area contributed by atoms with Gasteiger partial charge in [-0.05, 0) is 60.7 Å². The molecule has 34 heavy (non-hydrogen) atoms. The van der Waals surface area contributed by atoms with Crippen molar-refractivity contribution in [3.63, 3.8) is 0 Å². The molecule has 186 valence electrons. The van der Waals surface area contributed by atoms with E-state index in [4.69, 9.17) is 9.47 Å². The summed E-state index contributed by atoms with van der Waals surface area (Å²) in [5.74, 6) is 1.08. The Morgan fingerprint density at radius 1 is 0.676 bits per heavy atom. The Kier molecular flexibility index (Phi) is 14.5. The monoisotopic (exact) mass is 464 g/mol. The molecule has 0 radical (unpaired) electrons. The Balaban J connectivity index is 1.61. The molecule has 0 unspecified atom stereocenters. The molecular weight excluding hydrogens is 420 g/mol. The van der Waals surface area contributed by atoms with Crippen molar-refractivity contribution < 1.29 is 14.3 Å². The molecule has 0 heterocycles. The lowest BCUT2D eigenvalue weighted by Gasteiger charge is -2.06. The van der Waals surface area contributed by atoms with Crippen LogP contribution < -0.4 is 9.47 Å². The third kappa shape index (κ3) is 12.6. The van der Waals surface area contributed by atoms with Gasteiger partial charge >= 0.3 is 5.97 Å². The molecule has 0 aliphatic heterocycles. The van der Waals surface area contributed by atoms with Crippen LogP contribution in [-0.4, -0.2) is 12.6 Å². The molecule has 2 aromatic carbocycles. The fourth-order valence-electron chi connectivity index (χ4n) is 3.90. The zero-order valence-corrected chi connectivity index (χ0v) is 21.4. The van der Waals surface area contributed by atoms with Gasteiger partial charge in [-0.2, -0.15) is 0 Å². The molecule has 0 amide bonds. The van der Waals surface area contributed by atoms with Gasteiger partial charge in [0.1, 0.15) is 11.5 Å². The first-order valence-corrected chi connectivity index (χ1v) is 13.4. The molecule has 3 nitrogen and oxygen atoms in total. The molecular formula is C31H44O3. The molecule has 0 aliphatic carbocycles. The van der Waals surface area contributed by atoms with Crippen LogP contribution in [0.3, 0.4) is 0 Å². The summed E-state index contributed by atoms with van der Waals surface area (Å²) in [7, 11) is 0. The van der Waals surface area contributed by atoms with E-state index in [1.54, 1.807) is 6.08 Å². The Hall–Kier alpha value is -2.55. The van der Waals surface area contributed by atoms with Crippen LogP contribution in [0, 0.1) is 0 Å². The highest BCUT2D eigenvalue weighted by molar-refractivity contribution is 5.88. The average molecular weight is 465 g/mol. The van der Waals surface area contributed by atoms with Gasteiger partial charge in [0, 0.05) is 6.08 Å². The van der Waals surface area contributed by atoms with Crippen LogP contribution in [0.25, 0.3) is 6.08 Å². The van der Waals surface area contributed by atoms with Crippen molar-refractivity contribution in [2.75, 3.05) is 6.61 Å². The first-order chi connectivity index (χ1) is 16.7. The van der Waals surface area contributed by atoms with Gasteiger partial charge in [0.15, 0.2) is 0 Å². The Bertz CT molecular complexity index is 806. The smallest absolute Gasteiger partial charge is 0.336 e. The summed E-state index contributed by atoms with van der Waals surface area (Å²) < 4.78 is 11.3. The van der Waals surface area contributed by atoms with Gasteiger partial charge in [0.2, 0.25) is 0 Å². The van der Waals surface area contributed by atoms with Gasteiger partial charge in [-0.25, -0.2) is 4.79 Å². The van der Waals surface area contributed by atoms with Crippen molar-refractivity contribution in [3.8, 4) is 11.5 Å². The summed E-state index contributed by atoms with van der Waals surface area (Å²) in [6.45, 7) is 5.23. The maximum absolute atomic E-state index is 12.1. The molecule has 0 saturated carbocycles. The molecule has 0 aromatic heterocycles. The van der Waals surface area contributed by atoms with Crippen LogP contribution in [0.15, 0.2) is 54.6 Å².